The zero-order valence-corrected chi connectivity index (χ0v) is 19.0. The predicted octanol–water partition coefficient (Wildman–Crippen LogP) is 4.17. The molecule has 0 saturated heterocycles. The number of hydrogen-bond donors (Lipinski definition) is 2. The van der Waals surface area contributed by atoms with E-state index in [4.69, 9.17) is 14.6 Å². The summed E-state index contributed by atoms with van der Waals surface area (Å²) in [5, 5.41) is 10.2. The molecule has 4 rings (SSSR count). The van der Waals surface area contributed by atoms with Crippen molar-refractivity contribution in [2.75, 3.05) is 26.6 Å². The number of para-hydroxylation sites is 1. The maximum absolute atomic E-state index is 13.3. The lowest BCUT2D eigenvalue weighted by Gasteiger charge is -2.10. The third-order valence-corrected chi connectivity index (χ3v) is 5.28. The number of amides is 2. The molecule has 0 saturated carbocycles. The first-order chi connectivity index (χ1) is 16.5. The van der Waals surface area contributed by atoms with Gasteiger partial charge in [0, 0.05) is 36.1 Å². The summed E-state index contributed by atoms with van der Waals surface area (Å²) in [5.41, 5.74) is 3.34. The number of anilines is 1. The second kappa shape index (κ2) is 9.91. The Bertz CT molecular complexity index is 1310. The van der Waals surface area contributed by atoms with Gasteiger partial charge >= 0.3 is 0 Å². The van der Waals surface area contributed by atoms with Gasteiger partial charge in [-0.2, -0.15) is 5.10 Å². The molecular formula is C26H24N4O4. The van der Waals surface area contributed by atoms with Crippen LogP contribution in [0.2, 0.25) is 0 Å². The van der Waals surface area contributed by atoms with Crippen molar-refractivity contribution in [3.63, 3.8) is 0 Å². The van der Waals surface area contributed by atoms with Crippen LogP contribution < -0.4 is 20.1 Å². The number of nitrogens with zero attached hydrogens (tertiary/aromatic N) is 2. The van der Waals surface area contributed by atoms with Crippen molar-refractivity contribution in [3.05, 3.63) is 90.1 Å². The SMILES string of the molecule is CNC(=O)c1ccc(NC(=O)c2cn(-c3ccccc3)nc2-c2ccc(OC)cc2OC)cc1. The molecule has 172 valence electrons. The Balaban J connectivity index is 1.74. The second-order valence-corrected chi connectivity index (χ2v) is 7.35. The van der Waals surface area contributed by atoms with Crippen LogP contribution in [-0.2, 0) is 0 Å². The van der Waals surface area contributed by atoms with Crippen molar-refractivity contribution >= 4 is 17.5 Å². The third kappa shape index (κ3) is 4.61. The summed E-state index contributed by atoms with van der Waals surface area (Å²) in [4.78, 5) is 25.1. The average Bonchev–Trinajstić information content (AvgIpc) is 3.34. The van der Waals surface area contributed by atoms with Crippen molar-refractivity contribution in [2.24, 2.45) is 0 Å². The standard InChI is InChI=1S/C26H24N4O4/c1-27-25(31)17-9-11-18(12-10-17)28-26(32)22-16-30(19-7-5-4-6-8-19)29-24(22)21-14-13-20(33-2)15-23(21)34-3/h4-16H,1-3H3,(H,27,31)(H,28,32). The van der Waals surface area contributed by atoms with E-state index in [9.17, 15) is 9.59 Å². The van der Waals surface area contributed by atoms with Gasteiger partial charge < -0.3 is 20.1 Å². The molecule has 0 aliphatic carbocycles. The van der Waals surface area contributed by atoms with Crippen molar-refractivity contribution in [1.82, 2.24) is 15.1 Å². The number of methoxy groups -OCH3 is 2. The molecule has 8 nitrogen and oxygen atoms in total. The Morgan fingerprint density at radius 1 is 0.882 bits per heavy atom. The minimum atomic E-state index is -0.345. The van der Waals surface area contributed by atoms with Crippen LogP contribution in [0.4, 0.5) is 5.69 Å². The van der Waals surface area contributed by atoms with Gasteiger partial charge in [-0.1, -0.05) is 18.2 Å². The summed E-state index contributed by atoms with van der Waals surface area (Å²) < 4.78 is 12.5. The monoisotopic (exact) mass is 456 g/mol. The average molecular weight is 457 g/mol. The van der Waals surface area contributed by atoms with E-state index >= 15 is 0 Å². The van der Waals surface area contributed by atoms with E-state index in [-0.39, 0.29) is 11.8 Å². The zero-order valence-electron chi connectivity index (χ0n) is 19.0. The quantitative estimate of drug-likeness (QED) is 0.435. The zero-order chi connectivity index (χ0) is 24.1. The summed E-state index contributed by atoms with van der Waals surface area (Å²) in [5.74, 6) is 0.616. The molecule has 2 amide bonds. The van der Waals surface area contributed by atoms with Crippen LogP contribution in [0.5, 0.6) is 11.5 Å². The van der Waals surface area contributed by atoms with Crippen LogP contribution in [0.15, 0.2) is 79.0 Å². The van der Waals surface area contributed by atoms with Gasteiger partial charge in [0.1, 0.15) is 17.2 Å². The van der Waals surface area contributed by atoms with Crippen molar-refractivity contribution in [1.29, 1.82) is 0 Å². The third-order valence-electron chi connectivity index (χ3n) is 5.28. The highest BCUT2D eigenvalue weighted by Crippen LogP contribution is 2.35. The number of hydrogen-bond acceptors (Lipinski definition) is 5. The molecule has 1 heterocycles. The number of carbonyl (C=O) groups excluding carboxylic acids is 2. The highest BCUT2D eigenvalue weighted by molar-refractivity contribution is 6.08. The molecule has 0 unspecified atom stereocenters. The van der Waals surface area contributed by atoms with Crippen molar-refractivity contribution < 1.29 is 19.1 Å². The molecule has 0 radical (unpaired) electrons. The molecule has 0 bridgehead atoms. The summed E-state index contributed by atoms with van der Waals surface area (Å²) in [6.45, 7) is 0. The van der Waals surface area contributed by atoms with Gasteiger partial charge in [-0.05, 0) is 48.5 Å². The fourth-order valence-electron chi connectivity index (χ4n) is 3.49. The van der Waals surface area contributed by atoms with Crippen molar-refractivity contribution in [2.45, 2.75) is 0 Å². The maximum Gasteiger partial charge on any atom is 0.259 e. The van der Waals surface area contributed by atoms with E-state index < -0.39 is 0 Å². The van der Waals surface area contributed by atoms with Gasteiger partial charge in [0.2, 0.25) is 0 Å². The number of benzene rings is 3. The maximum atomic E-state index is 13.3. The van der Waals surface area contributed by atoms with Crippen molar-refractivity contribution in [3.8, 4) is 28.4 Å². The minimum Gasteiger partial charge on any atom is -0.497 e. The fraction of sp³-hybridized carbons (Fsp3) is 0.115. The molecule has 2 N–H and O–H groups in total. The molecule has 0 fully saturated rings. The first kappa shape index (κ1) is 22.6. The highest BCUT2D eigenvalue weighted by atomic mass is 16.5. The van der Waals surface area contributed by atoms with Gasteiger partial charge in [-0.15, -0.1) is 0 Å². The lowest BCUT2D eigenvalue weighted by molar-refractivity contribution is 0.0962. The van der Waals surface area contributed by atoms with E-state index in [1.54, 1.807) is 68.5 Å². The predicted molar refractivity (Wildman–Crippen MR) is 130 cm³/mol. The second-order valence-electron chi connectivity index (χ2n) is 7.35. The smallest absolute Gasteiger partial charge is 0.259 e. The van der Waals surface area contributed by atoms with Crippen LogP contribution >= 0.6 is 0 Å². The highest BCUT2D eigenvalue weighted by Gasteiger charge is 2.22. The first-order valence-electron chi connectivity index (χ1n) is 10.5. The molecule has 0 atom stereocenters. The normalized spacial score (nSPS) is 10.4. The Hall–Kier alpha value is -4.59. The van der Waals surface area contributed by atoms with Crippen LogP contribution in [0.25, 0.3) is 16.9 Å². The Morgan fingerprint density at radius 3 is 2.26 bits per heavy atom. The van der Waals surface area contributed by atoms with Crippen LogP contribution in [-0.4, -0.2) is 42.9 Å². The number of rotatable bonds is 7. The molecule has 0 aliphatic heterocycles. The molecule has 1 aromatic heterocycles. The number of aromatic nitrogens is 2. The topological polar surface area (TPSA) is 94.5 Å². The van der Waals surface area contributed by atoms with E-state index in [0.29, 0.717) is 39.6 Å². The summed E-state index contributed by atoms with van der Waals surface area (Å²) in [7, 11) is 4.70. The first-order valence-corrected chi connectivity index (χ1v) is 10.5. The minimum absolute atomic E-state index is 0.198. The van der Waals surface area contributed by atoms with Gasteiger partial charge in [0.25, 0.3) is 11.8 Å². The van der Waals surface area contributed by atoms with E-state index in [2.05, 4.69) is 10.6 Å². The largest absolute Gasteiger partial charge is 0.497 e. The summed E-state index contributed by atoms with van der Waals surface area (Å²) in [6.07, 6.45) is 1.68. The molecule has 34 heavy (non-hydrogen) atoms. The van der Waals surface area contributed by atoms with E-state index in [1.807, 2.05) is 36.4 Å². The molecular weight excluding hydrogens is 432 g/mol. The number of nitrogens with one attached hydrogen (secondary N) is 2. The van der Waals surface area contributed by atoms with E-state index in [1.165, 1.54) is 0 Å². The summed E-state index contributed by atoms with van der Waals surface area (Å²) in [6, 6.07) is 21.5. The Morgan fingerprint density at radius 2 is 1.62 bits per heavy atom. The van der Waals surface area contributed by atoms with Gasteiger partial charge in [-0.25, -0.2) is 4.68 Å². The summed E-state index contributed by atoms with van der Waals surface area (Å²) >= 11 is 0. The molecule has 8 heteroatoms. The molecule has 4 aromatic rings. The fourth-order valence-corrected chi connectivity index (χ4v) is 3.49. The molecule has 0 spiro atoms. The lowest BCUT2D eigenvalue weighted by atomic mass is 10.1. The van der Waals surface area contributed by atoms with Gasteiger partial charge in [0.15, 0.2) is 0 Å². The molecule has 0 aliphatic rings. The number of ether oxygens (including phenoxy) is 2. The van der Waals surface area contributed by atoms with Gasteiger partial charge in [-0.3, -0.25) is 9.59 Å². The van der Waals surface area contributed by atoms with Gasteiger partial charge in [0.05, 0.1) is 25.5 Å². The van der Waals surface area contributed by atoms with Crippen LogP contribution in [0.1, 0.15) is 20.7 Å². The number of carbonyl (C=O) groups is 2. The van der Waals surface area contributed by atoms with E-state index in [0.717, 1.165) is 5.69 Å². The Labute approximate surface area is 197 Å². The van der Waals surface area contributed by atoms with Crippen LogP contribution in [0, 0.1) is 0 Å². The Kier molecular flexibility index (Phi) is 6.59. The lowest BCUT2D eigenvalue weighted by Crippen LogP contribution is -2.18. The van der Waals surface area contributed by atoms with Crippen LogP contribution in [0.3, 0.4) is 0 Å². The molecule has 3 aromatic carbocycles.